The quantitative estimate of drug-likeness (QED) is 0.729. The first-order valence-electron chi connectivity index (χ1n) is 8.99. The number of nitrogens with one attached hydrogen (secondary N) is 1. The van der Waals surface area contributed by atoms with Crippen LogP contribution >= 0.6 is 0 Å². The molecule has 0 aromatic heterocycles. The summed E-state index contributed by atoms with van der Waals surface area (Å²) in [6.45, 7) is 3.05. The van der Waals surface area contributed by atoms with E-state index in [0.717, 1.165) is 18.4 Å². The first-order valence-corrected chi connectivity index (χ1v) is 8.99. The molecular weight excluding hydrogens is 319 g/mol. The molecule has 0 saturated carbocycles. The Labute approximate surface area is 150 Å². The summed E-state index contributed by atoms with van der Waals surface area (Å²) in [5.41, 5.74) is 2.27. The summed E-state index contributed by atoms with van der Waals surface area (Å²) in [7, 11) is 3.32. The average Bonchev–Trinajstić information content (AvgIpc) is 2.62. The molecule has 1 aromatic carbocycles. The molecule has 0 radical (unpaired) electrons. The van der Waals surface area contributed by atoms with Crippen molar-refractivity contribution in [2.45, 2.75) is 51.6 Å². The first kappa shape index (κ1) is 19.4. The van der Waals surface area contributed by atoms with Crippen LogP contribution in [0.1, 0.15) is 44.6 Å². The van der Waals surface area contributed by atoms with Gasteiger partial charge in [-0.05, 0) is 63.8 Å². The van der Waals surface area contributed by atoms with Gasteiger partial charge in [0.2, 0.25) is 5.91 Å². The molecule has 1 N–H and O–H groups in total. The van der Waals surface area contributed by atoms with E-state index in [-0.39, 0.29) is 23.5 Å². The van der Waals surface area contributed by atoms with E-state index in [9.17, 15) is 9.18 Å². The maximum Gasteiger partial charge on any atom is 0.237 e. The van der Waals surface area contributed by atoms with Crippen LogP contribution in [0.15, 0.2) is 29.8 Å². The van der Waals surface area contributed by atoms with E-state index >= 15 is 0 Å². The number of allylic oxidation sites excluding steroid dienone is 1. The molecule has 1 unspecified atom stereocenters. The Hall–Kier alpha value is -1.88. The molecule has 0 fully saturated rings. The van der Waals surface area contributed by atoms with Crippen LogP contribution in [0.2, 0.25) is 0 Å². The number of nitrogens with zero attached hydrogens (tertiary/aromatic N) is 1. The number of methoxy groups -OCH3 is 1. The summed E-state index contributed by atoms with van der Waals surface area (Å²) in [6, 6.07) is 4.61. The van der Waals surface area contributed by atoms with Gasteiger partial charge in [-0.3, -0.25) is 9.69 Å². The molecule has 1 aliphatic rings. The lowest BCUT2D eigenvalue weighted by Gasteiger charge is -2.24. The van der Waals surface area contributed by atoms with Crippen molar-refractivity contribution in [3.63, 3.8) is 0 Å². The van der Waals surface area contributed by atoms with E-state index in [2.05, 4.69) is 11.4 Å². The number of likely N-dealkylation sites (N-methyl/N-ethyl adjacent to an activating group) is 1. The van der Waals surface area contributed by atoms with Gasteiger partial charge in [-0.15, -0.1) is 0 Å². The number of hydrogen-bond acceptors (Lipinski definition) is 3. The normalized spacial score (nSPS) is 15.6. The second-order valence-electron chi connectivity index (χ2n) is 6.71. The number of hydrogen-bond donors (Lipinski definition) is 1. The van der Waals surface area contributed by atoms with Crippen LogP contribution in [0.3, 0.4) is 0 Å². The average molecular weight is 348 g/mol. The zero-order valence-corrected chi connectivity index (χ0v) is 15.5. The number of ether oxygens (including phenoxy) is 1. The van der Waals surface area contributed by atoms with E-state index in [1.54, 1.807) is 6.07 Å². The highest BCUT2D eigenvalue weighted by Crippen LogP contribution is 2.20. The fourth-order valence-electron chi connectivity index (χ4n) is 3.06. The minimum Gasteiger partial charge on any atom is -0.494 e. The van der Waals surface area contributed by atoms with Crippen LogP contribution in [0, 0.1) is 5.82 Å². The van der Waals surface area contributed by atoms with Crippen LogP contribution in [-0.2, 0) is 11.3 Å². The second kappa shape index (κ2) is 9.56. The van der Waals surface area contributed by atoms with Crippen molar-refractivity contribution in [3.8, 4) is 5.75 Å². The lowest BCUT2D eigenvalue weighted by Crippen LogP contribution is -2.43. The lowest BCUT2D eigenvalue weighted by molar-refractivity contribution is -0.125. The van der Waals surface area contributed by atoms with Crippen LogP contribution < -0.4 is 10.1 Å². The van der Waals surface area contributed by atoms with E-state index in [1.807, 2.05) is 24.9 Å². The van der Waals surface area contributed by atoms with Crippen LogP contribution in [0.25, 0.3) is 0 Å². The van der Waals surface area contributed by atoms with Crippen LogP contribution in [0.5, 0.6) is 5.75 Å². The molecule has 25 heavy (non-hydrogen) atoms. The minimum absolute atomic E-state index is 0.00731. The van der Waals surface area contributed by atoms with Gasteiger partial charge >= 0.3 is 0 Å². The summed E-state index contributed by atoms with van der Waals surface area (Å²) in [4.78, 5) is 14.2. The van der Waals surface area contributed by atoms with Gasteiger partial charge in [-0.1, -0.05) is 17.7 Å². The highest BCUT2D eigenvalue weighted by atomic mass is 19.1. The van der Waals surface area contributed by atoms with Crippen molar-refractivity contribution in [2.24, 2.45) is 0 Å². The van der Waals surface area contributed by atoms with Crippen molar-refractivity contribution in [1.29, 1.82) is 0 Å². The fraction of sp³-hybridized carbons (Fsp3) is 0.550. The monoisotopic (exact) mass is 348 g/mol. The molecule has 5 heteroatoms. The maximum atomic E-state index is 13.8. The van der Waals surface area contributed by atoms with Crippen molar-refractivity contribution >= 4 is 5.91 Å². The Kier molecular flexibility index (Phi) is 7.44. The van der Waals surface area contributed by atoms with Crippen molar-refractivity contribution in [3.05, 3.63) is 41.2 Å². The largest absolute Gasteiger partial charge is 0.494 e. The second-order valence-corrected chi connectivity index (χ2v) is 6.71. The van der Waals surface area contributed by atoms with E-state index in [0.29, 0.717) is 13.1 Å². The standard InChI is InChI=1S/C20H29FN2O2/c1-15(20(24)22-12-11-16-7-5-4-6-8-16)23(2)14-17-9-10-19(25-3)18(21)13-17/h7,9-10,13,15H,4-6,8,11-12,14H2,1-3H3,(H,22,24). The van der Waals surface area contributed by atoms with E-state index in [1.165, 1.54) is 38.0 Å². The Balaban J connectivity index is 1.79. The van der Waals surface area contributed by atoms with Crippen LogP contribution in [0.4, 0.5) is 4.39 Å². The Morgan fingerprint density at radius 2 is 2.20 bits per heavy atom. The molecule has 4 nitrogen and oxygen atoms in total. The molecule has 1 amide bonds. The molecular formula is C20H29FN2O2. The number of halogens is 1. The topological polar surface area (TPSA) is 41.6 Å². The lowest BCUT2D eigenvalue weighted by atomic mass is 9.97. The number of amides is 1. The molecule has 2 rings (SSSR count). The number of rotatable bonds is 8. The van der Waals surface area contributed by atoms with E-state index in [4.69, 9.17) is 4.74 Å². The third-order valence-corrected chi connectivity index (χ3v) is 4.82. The van der Waals surface area contributed by atoms with E-state index < -0.39 is 0 Å². The zero-order chi connectivity index (χ0) is 18.2. The molecule has 1 aliphatic carbocycles. The summed E-state index contributed by atoms with van der Waals surface area (Å²) >= 11 is 0. The minimum atomic E-state index is -0.383. The summed E-state index contributed by atoms with van der Waals surface area (Å²) < 4.78 is 18.7. The first-order chi connectivity index (χ1) is 12.0. The summed E-state index contributed by atoms with van der Waals surface area (Å²) in [5, 5.41) is 3.01. The molecule has 0 spiro atoms. The SMILES string of the molecule is COc1ccc(CN(C)C(C)C(=O)NCCC2=CCCCC2)cc1F. The maximum absolute atomic E-state index is 13.8. The summed E-state index contributed by atoms with van der Waals surface area (Å²) in [5.74, 6) is -0.145. The van der Waals surface area contributed by atoms with Crippen molar-refractivity contribution in [1.82, 2.24) is 10.2 Å². The van der Waals surface area contributed by atoms with Gasteiger partial charge in [0.25, 0.3) is 0 Å². The zero-order valence-electron chi connectivity index (χ0n) is 15.5. The van der Waals surface area contributed by atoms with Crippen LogP contribution in [-0.4, -0.2) is 37.6 Å². The molecule has 1 atom stereocenters. The Morgan fingerprint density at radius 1 is 1.40 bits per heavy atom. The predicted octanol–water partition coefficient (Wildman–Crippen LogP) is 3.66. The van der Waals surface area contributed by atoms with Gasteiger partial charge in [-0.25, -0.2) is 4.39 Å². The Bertz CT molecular complexity index is 616. The van der Waals surface area contributed by atoms with Gasteiger partial charge in [0.1, 0.15) is 0 Å². The summed E-state index contributed by atoms with van der Waals surface area (Å²) in [6.07, 6.45) is 8.12. The molecule has 1 aromatic rings. The van der Waals surface area contributed by atoms with Crippen molar-refractivity contribution < 1.29 is 13.9 Å². The van der Waals surface area contributed by atoms with Gasteiger partial charge in [0.15, 0.2) is 11.6 Å². The number of carbonyl (C=O) groups is 1. The molecule has 0 bridgehead atoms. The molecule has 0 saturated heterocycles. The highest BCUT2D eigenvalue weighted by molar-refractivity contribution is 5.81. The smallest absolute Gasteiger partial charge is 0.237 e. The van der Waals surface area contributed by atoms with Gasteiger partial charge in [0.05, 0.1) is 13.2 Å². The Morgan fingerprint density at radius 3 is 2.84 bits per heavy atom. The van der Waals surface area contributed by atoms with Gasteiger partial charge in [-0.2, -0.15) is 0 Å². The molecule has 0 heterocycles. The molecule has 0 aliphatic heterocycles. The van der Waals surface area contributed by atoms with Gasteiger partial charge < -0.3 is 10.1 Å². The third-order valence-electron chi connectivity index (χ3n) is 4.82. The third kappa shape index (κ3) is 5.85. The molecule has 138 valence electrons. The number of benzene rings is 1. The number of carbonyl (C=O) groups excluding carboxylic acids is 1. The highest BCUT2D eigenvalue weighted by Gasteiger charge is 2.18. The van der Waals surface area contributed by atoms with Crippen molar-refractivity contribution in [2.75, 3.05) is 20.7 Å². The predicted molar refractivity (Wildman–Crippen MR) is 98.1 cm³/mol. The van der Waals surface area contributed by atoms with Gasteiger partial charge in [0, 0.05) is 13.1 Å². The fourth-order valence-corrected chi connectivity index (χ4v) is 3.06.